The van der Waals surface area contributed by atoms with Crippen molar-refractivity contribution in [2.75, 3.05) is 26.4 Å². The van der Waals surface area contributed by atoms with Gasteiger partial charge in [0.2, 0.25) is 16.4 Å². The van der Waals surface area contributed by atoms with E-state index in [0.29, 0.717) is 29.1 Å². The monoisotopic (exact) mass is 532 g/mol. The van der Waals surface area contributed by atoms with Crippen LogP contribution in [0, 0.1) is 0 Å². The Morgan fingerprint density at radius 3 is 1.77 bits per heavy atom. The van der Waals surface area contributed by atoms with Crippen molar-refractivity contribution in [3.05, 3.63) is 38.2 Å². The first-order valence-electron chi connectivity index (χ1n) is 9.37. The number of hydrogen-bond donors (Lipinski definition) is 1. The number of rotatable bonds is 2. The van der Waals surface area contributed by atoms with E-state index in [-0.39, 0.29) is 27.9 Å². The van der Waals surface area contributed by atoms with Gasteiger partial charge in [0.1, 0.15) is 11.1 Å². The number of ether oxygens (including phenoxy) is 3. The molecule has 0 radical (unpaired) electrons. The Hall–Kier alpha value is -0.710. The van der Waals surface area contributed by atoms with E-state index < -0.39 is 0 Å². The summed E-state index contributed by atoms with van der Waals surface area (Å²) in [6, 6.07) is 0. The summed E-state index contributed by atoms with van der Waals surface area (Å²) in [5.74, 6) is 0.351. The van der Waals surface area contributed by atoms with Crippen molar-refractivity contribution in [3.8, 4) is 5.88 Å². The molecule has 31 heavy (non-hydrogen) atoms. The molecule has 13 heteroatoms. The molecule has 0 unspecified atom stereocenters. The van der Waals surface area contributed by atoms with Crippen LogP contribution in [-0.2, 0) is 9.47 Å². The van der Waals surface area contributed by atoms with E-state index in [2.05, 4.69) is 19.9 Å². The molecule has 0 aliphatic carbocycles. The van der Waals surface area contributed by atoms with Crippen molar-refractivity contribution < 1.29 is 19.3 Å². The van der Waals surface area contributed by atoms with E-state index in [1.54, 1.807) is 0 Å². The highest BCUT2D eigenvalue weighted by molar-refractivity contribution is 6.41. The fourth-order valence-electron chi connectivity index (χ4n) is 2.38. The molecule has 1 N–H and O–H groups in total. The van der Waals surface area contributed by atoms with Gasteiger partial charge in [-0.15, -0.1) is 0 Å². The molecule has 4 heterocycles. The Bertz CT molecular complexity index is 809. The summed E-state index contributed by atoms with van der Waals surface area (Å²) in [4.78, 5) is 14.8. The topological polar surface area (TPSA) is 99.5 Å². The van der Waals surface area contributed by atoms with Crippen molar-refractivity contribution in [1.82, 2.24) is 19.9 Å². The summed E-state index contributed by atoms with van der Waals surface area (Å²) in [7, 11) is 0. The van der Waals surface area contributed by atoms with Crippen molar-refractivity contribution in [2.45, 2.75) is 37.9 Å². The summed E-state index contributed by atoms with van der Waals surface area (Å²) < 4.78 is 15.8. The highest BCUT2D eigenvalue weighted by Gasteiger charge is 2.17. The van der Waals surface area contributed by atoms with Crippen LogP contribution < -0.4 is 4.74 Å². The predicted molar refractivity (Wildman–Crippen MR) is 120 cm³/mol. The van der Waals surface area contributed by atoms with Crippen LogP contribution in [0.2, 0.25) is 25.8 Å². The molecule has 0 aromatic carbocycles. The molecule has 0 saturated carbocycles. The highest BCUT2D eigenvalue weighted by Crippen LogP contribution is 2.25. The maximum atomic E-state index is 8.83. The van der Waals surface area contributed by atoms with E-state index in [0.717, 1.165) is 38.9 Å². The minimum absolute atomic E-state index is 0.0891. The number of hydrogen-bond acceptors (Lipinski definition) is 8. The Labute approximate surface area is 205 Å². The molecule has 2 aliphatic heterocycles. The van der Waals surface area contributed by atoms with Gasteiger partial charge in [0.15, 0.2) is 5.15 Å². The molecule has 2 aromatic heterocycles. The fourth-order valence-corrected chi connectivity index (χ4v) is 3.03. The van der Waals surface area contributed by atoms with E-state index in [9.17, 15) is 0 Å². The lowest BCUT2D eigenvalue weighted by molar-refractivity contribution is 0.0140. The van der Waals surface area contributed by atoms with E-state index in [4.69, 9.17) is 77.3 Å². The Kier molecular flexibility index (Phi) is 12.4. The smallest absolute Gasteiger partial charge is 0.237 e. The molecule has 0 amide bonds. The second-order valence-electron chi connectivity index (χ2n) is 6.34. The Balaban J connectivity index is 0.000000181. The minimum atomic E-state index is -0.0891. The lowest BCUT2D eigenvalue weighted by atomic mass is 10.2. The van der Waals surface area contributed by atoms with E-state index >= 15 is 0 Å². The molecule has 2 aliphatic rings. The van der Waals surface area contributed by atoms with Crippen LogP contribution in [0.1, 0.15) is 25.7 Å². The quantitative estimate of drug-likeness (QED) is 0.428. The maximum absolute atomic E-state index is 8.83. The first-order valence-corrected chi connectivity index (χ1v) is 11.3. The first-order chi connectivity index (χ1) is 14.8. The van der Waals surface area contributed by atoms with Crippen LogP contribution >= 0.6 is 58.0 Å². The van der Waals surface area contributed by atoms with Crippen LogP contribution in [0.5, 0.6) is 5.88 Å². The minimum Gasteiger partial charge on any atom is -0.473 e. The number of aliphatic hydroxyl groups is 1. The molecule has 0 atom stereocenters. The molecule has 0 spiro atoms. The lowest BCUT2D eigenvalue weighted by Gasteiger charge is -2.22. The second kappa shape index (κ2) is 14.4. The van der Waals surface area contributed by atoms with Gasteiger partial charge in [-0.3, -0.25) is 0 Å². The average molecular weight is 535 g/mol. The molecular weight excluding hydrogens is 513 g/mol. The molecule has 172 valence electrons. The largest absolute Gasteiger partial charge is 0.473 e. The van der Waals surface area contributed by atoms with Gasteiger partial charge in [-0.2, -0.15) is 4.98 Å². The van der Waals surface area contributed by atoms with Gasteiger partial charge < -0.3 is 19.3 Å². The van der Waals surface area contributed by atoms with Crippen molar-refractivity contribution >= 4 is 58.0 Å². The van der Waals surface area contributed by atoms with E-state index in [1.165, 1.54) is 12.4 Å². The summed E-state index contributed by atoms with van der Waals surface area (Å²) in [5, 5.41) is 9.94. The number of halogens is 5. The second-order valence-corrected chi connectivity index (χ2v) is 8.19. The molecule has 0 bridgehead atoms. The summed E-state index contributed by atoms with van der Waals surface area (Å²) in [6.45, 7) is 2.89. The number of aliphatic hydroxyl groups excluding tert-OH is 1. The van der Waals surface area contributed by atoms with Gasteiger partial charge in [-0.1, -0.05) is 34.8 Å². The molecule has 4 rings (SSSR count). The third kappa shape index (κ3) is 10.6. The van der Waals surface area contributed by atoms with Gasteiger partial charge >= 0.3 is 0 Å². The highest BCUT2D eigenvalue weighted by atomic mass is 35.5. The number of nitrogens with zero attached hydrogens (tertiary/aromatic N) is 4. The van der Waals surface area contributed by atoms with Crippen LogP contribution in [0.15, 0.2) is 12.4 Å². The van der Waals surface area contributed by atoms with Gasteiger partial charge in [0.05, 0.1) is 36.7 Å². The zero-order valence-corrected chi connectivity index (χ0v) is 20.1. The normalized spacial score (nSPS) is 17.1. The predicted octanol–water partition coefficient (Wildman–Crippen LogP) is 4.94. The standard InChI is InChI=1S/C9H10Cl2N2O2.C5H10O2.C4HCl3N2/c10-7-5-12-9(11)13-8(7)15-6-1-3-14-4-2-6;6-5-1-3-7-4-2-5;5-2-1-8-4(7)9-3(2)6/h5-6H,1-4H2;5-6H,1-4H2;1H. The molecule has 8 nitrogen and oxygen atoms in total. The molecule has 2 aromatic rings. The molecule has 2 saturated heterocycles. The van der Waals surface area contributed by atoms with Gasteiger partial charge in [-0.25, -0.2) is 15.0 Å². The zero-order chi connectivity index (χ0) is 22.6. The third-order valence-electron chi connectivity index (χ3n) is 3.99. The molecular formula is C18H21Cl5N4O4. The van der Waals surface area contributed by atoms with Crippen LogP contribution in [0.4, 0.5) is 0 Å². The number of aromatic nitrogens is 4. The molecule has 2 fully saturated rings. The van der Waals surface area contributed by atoms with Crippen LogP contribution in [0.25, 0.3) is 0 Å². The Morgan fingerprint density at radius 1 is 0.774 bits per heavy atom. The average Bonchev–Trinajstić information content (AvgIpc) is 2.76. The van der Waals surface area contributed by atoms with Gasteiger partial charge in [0.25, 0.3) is 0 Å². The van der Waals surface area contributed by atoms with Crippen molar-refractivity contribution in [1.29, 1.82) is 0 Å². The summed E-state index contributed by atoms with van der Waals surface area (Å²) in [6.07, 6.45) is 6.12. The van der Waals surface area contributed by atoms with Crippen LogP contribution in [-0.4, -0.2) is 63.7 Å². The zero-order valence-electron chi connectivity index (χ0n) is 16.3. The van der Waals surface area contributed by atoms with Gasteiger partial charge in [0, 0.05) is 26.1 Å². The van der Waals surface area contributed by atoms with Gasteiger partial charge in [-0.05, 0) is 36.0 Å². The first kappa shape index (κ1) is 26.5. The van der Waals surface area contributed by atoms with Crippen molar-refractivity contribution in [2.24, 2.45) is 0 Å². The maximum Gasteiger partial charge on any atom is 0.237 e. The summed E-state index contributed by atoms with van der Waals surface area (Å²) >= 11 is 27.8. The van der Waals surface area contributed by atoms with E-state index in [1.807, 2.05) is 0 Å². The fraction of sp³-hybridized carbons (Fsp3) is 0.556. The van der Waals surface area contributed by atoms with Crippen LogP contribution in [0.3, 0.4) is 0 Å². The third-order valence-corrected chi connectivity index (χ3v) is 5.28. The Morgan fingerprint density at radius 2 is 1.29 bits per heavy atom. The van der Waals surface area contributed by atoms with Crippen molar-refractivity contribution in [3.63, 3.8) is 0 Å². The SMILES string of the molecule is Clc1ncc(Cl)c(Cl)n1.Clc1ncc(Cl)c(OC2CCOCC2)n1.OC1CCOCC1. The summed E-state index contributed by atoms with van der Waals surface area (Å²) in [5.41, 5.74) is 0. The lowest BCUT2D eigenvalue weighted by Crippen LogP contribution is -2.26.